The van der Waals surface area contributed by atoms with Crippen molar-refractivity contribution in [2.45, 2.75) is 32.1 Å². The molecule has 1 aromatic heterocycles. The first-order valence-corrected chi connectivity index (χ1v) is 7.89. The molecule has 112 valence electrons. The fourth-order valence-corrected chi connectivity index (χ4v) is 3.31. The normalized spacial score (nSPS) is 20.9. The maximum atomic E-state index is 11.2. The number of aliphatic carboxylic acids is 1. The Morgan fingerprint density at radius 2 is 2.40 bits per heavy atom. The van der Waals surface area contributed by atoms with E-state index in [9.17, 15) is 9.90 Å². The molecule has 1 fully saturated rings. The molecule has 1 aliphatic heterocycles. The molecule has 2 heterocycles. The topological polar surface area (TPSA) is 65.5 Å². The highest BCUT2D eigenvalue weighted by atomic mass is 32.1. The van der Waals surface area contributed by atoms with Crippen molar-refractivity contribution in [1.82, 2.24) is 9.88 Å². The zero-order valence-corrected chi connectivity index (χ0v) is 13.2. The van der Waals surface area contributed by atoms with Crippen molar-refractivity contribution in [2.75, 3.05) is 32.0 Å². The van der Waals surface area contributed by atoms with Gasteiger partial charge in [0.2, 0.25) is 0 Å². The number of piperidine rings is 1. The minimum Gasteiger partial charge on any atom is -0.481 e. The van der Waals surface area contributed by atoms with Crippen molar-refractivity contribution in [1.29, 1.82) is 0 Å². The molecule has 0 aromatic carbocycles. The summed E-state index contributed by atoms with van der Waals surface area (Å²) in [6.07, 6.45) is 2.49. The van der Waals surface area contributed by atoms with E-state index in [1.165, 1.54) is 30.7 Å². The number of hydrogen-bond acceptors (Lipinski definition) is 5. The van der Waals surface area contributed by atoms with Gasteiger partial charge in [-0.3, -0.25) is 4.79 Å². The molecule has 0 saturated carbocycles. The van der Waals surface area contributed by atoms with E-state index in [1.807, 2.05) is 5.38 Å². The highest BCUT2D eigenvalue weighted by Crippen LogP contribution is 2.27. The van der Waals surface area contributed by atoms with E-state index in [1.54, 1.807) is 13.8 Å². The average molecular weight is 297 g/mol. The van der Waals surface area contributed by atoms with E-state index in [4.69, 9.17) is 0 Å². The summed E-state index contributed by atoms with van der Waals surface area (Å²) >= 11 is 1.48. The highest BCUT2D eigenvalue weighted by molar-refractivity contribution is 7.13. The van der Waals surface area contributed by atoms with Gasteiger partial charge in [-0.15, -0.1) is 11.3 Å². The van der Waals surface area contributed by atoms with Gasteiger partial charge in [-0.2, -0.15) is 0 Å². The monoisotopic (exact) mass is 297 g/mol. The Balaban J connectivity index is 1.91. The van der Waals surface area contributed by atoms with Gasteiger partial charge in [0.15, 0.2) is 5.13 Å². The summed E-state index contributed by atoms with van der Waals surface area (Å²) in [5.74, 6) is -0.197. The molecule has 20 heavy (non-hydrogen) atoms. The Kier molecular flexibility index (Phi) is 4.65. The Bertz CT molecular complexity index is 473. The minimum atomic E-state index is -0.929. The first kappa shape index (κ1) is 15.3. The lowest BCUT2D eigenvalue weighted by Crippen LogP contribution is -2.35. The zero-order chi connectivity index (χ0) is 14.8. The first-order chi connectivity index (χ1) is 9.39. The molecular formula is C14H23N3O2S. The quantitative estimate of drug-likeness (QED) is 0.872. The molecule has 6 heteroatoms. The van der Waals surface area contributed by atoms with E-state index in [-0.39, 0.29) is 0 Å². The highest BCUT2D eigenvalue weighted by Gasteiger charge is 2.32. The van der Waals surface area contributed by atoms with Crippen molar-refractivity contribution in [3.8, 4) is 0 Å². The molecule has 0 aliphatic carbocycles. The van der Waals surface area contributed by atoms with Crippen LogP contribution in [0.5, 0.6) is 0 Å². The average Bonchev–Trinajstić information content (AvgIpc) is 2.85. The number of carboxylic acids is 1. The Morgan fingerprint density at radius 1 is 1.65 bits per heavy atom. The lowest BCUT2D eigenvalue weighted by molar-refractivity contribution is -0.142. The number of hydrogen-bond donors (Lipinski definition) is 2. The summed E-state index contributed by atoms with van der Waals surface area (Å²) in [4.78, 5) is 18.0. The predicted octanol–water partition coefficient (Wildman–Crippen LogP) is 2.26. The van der Waals surface area contributed by atoms with E-state index in [0.29, 0.717) is 11.6 Å². The third-order valence-electron chi connectivity index (χ3n) is 3.94. The molecular weight excluding hydrogens is 274 g/mol. The maximum Gasteiger partial charge on any atom is 0.315 e. The van der Waals surface area contributed by atoms with Crippen molar-refractivity contribution < 1.29 is 9.90 Å². The summed E-state index contributed by atoms with van der Waals surface area (Å²) in [6.45, 7) is 6.58. The second-order valence-corrected chi connectivity index (χ2v) is 6.98. The molecule has 0 amide bonds. The van der Waals surface area contributed by atoms with Gasteiger partial charge in [0.25, 0.3) is 0 Å². The van der Waals surface area contributed by atoms with Gasteiger partial charge < -0.3 is 15.3 Å². The molecule has 0 spiro atoms. The molecule has 0 radical (unpaired) electrons. The molecule has 2 N–H and O–H groups in total. The van der Waals surface area contributed by atoms with Crippen LogP contribution < -0.4 is 5.32 Å². The van der Waals surface area contributed by atoms with Crippen molar-refractivity contribution in [3.05, 3.63) is 11.1 Å². The summed E-state index contributed by atoms with van der Waals surface area (Å²) in [5.41, 5.74) is -0.306. The van der Waals surface area contributed by atoms with Crippen LogP contribution in [-0.2, 0) is 10.2 Å². The number of aromatic nitrogens is 1. The number of anilines is 1. The van der Waals surface area contributed by atoms with Gasteiger partial charge in [-0.25, -0.2) is 4.98 Å². The standard InChI is InChI=1S/C14H23N3O2S/c1-14(2,12(18)19)11-9-20-13(16-11)15-7-10-5-4-6-17(3)8-10/h9-10H,4-8H2,1-3H3,(H,15,16)(H,18,19). The SMILES string of the molecule is CN1CCCC(CNc2nc(C(C)(C)C(=O)O)cs2)C1. The Labute approximate surface area is 124 Å². The van der Waals surface area contributed by atoms with Crippen LogP contribution in [0.25, 0.3) is 0 Å². The third-order valence-corrected chi connectivity index (χ3v) is 4.74. The molecule has 5 nitrogen and oxygen atoms in total. The van der Waals surface area contributed by atoms with Crippen LogP contribution in [0.15, 0.2) is 5.38 Å². The van der Waals surface area contributed by atoms with Gasteiger partial charge in [-0.05, 0) is 46.2 Å². The van der Waals surface area contributed by atoms with Gasteiger partial charge in [0.1, 0.15) is 5.41 Å². The van der Waals surface area contributed by atoms with Crippen molar-refractivity contribution >= 4 is 22.4 Å². The van der Waals surface area contributed by atoms with Crippen molar-refractivity contribution in [2.24, 2.45) is 5.92 Å². The number of likely N-dealkylation sites (tertiary alicyclic amines) is 1. The second kappa shape index (κ2) is 6.10. The van der Waals surface area contributed by atoms with Gasteiger partial charge >= 0.3 is 5.97 Å². The molecule has 1 atom stereocenters. The summed E-state index contributed by atoms with van der Waals surface area (Å²) in [5, 5.41) is 15.2. The zero-order valence-electron chi connectivity index (χ0n) is 12.3. The smallest absolute Gasteiger partial charge is 0.315 e. The second-order valence-electron chi connectivity index (χ2n) is 6.12. The summed E-state index contributed by atoms with van der Waals surface area (Å²) < 4.78 is 0. The Hall–Kier alpha value is -1.14. The van der Waals surface area contributed by atoms with E-state index in [2.05, 4.69) is 22.2 Å². The van der Waals surface area contributed by atoms with E-state index in [0.717, 1.165) is 18.2 Å². The lowest BCUT2D eigenvalue weighted by Gasteiger charge is -2.29. The number of nitrogens with one attached hydrogen (secondary N) is 1. The molecule has 2 rings (SSSR count). The predicted molar refractivity (Wildman–Crippen MR) is 81.5 cm³/mol. The van der Waals surface area contributed by atoms with E-state index < -0.39 is 11.4 Å². The molecule has 1 unspecified atom stereocenters. The fraction of sp³-hybridized carbons (Fsp3) is 0.714. The minimum absolute atomic E-state index is 0.623. The summed E-state index contributed by atoms with van der Waals surface area (Å²) in [6, 6.07) is 0. The van der Waals surface area contributed by atoms with E-state index >= 15 is 0 Å². The molecule has 1 aromatic rings. The summed E-state index contributed by atoms with van der Waals surface area (Å²) in [7, 11) is 2.16. The lowest BCUT2D eigenvalue weighted by atomic mass is 9.90. The molecule has 1 saturated heterocycles. The van der Waals surface area contributed by atoms with Crippen LogP contribution in [0.1, 0.15) is 32.4 Å². The third kappa shape index (κ3) is 3.49. The van der Waals surface area contributed by atoms with Crippen LogP contribution in [0.3, 0.4) is 0 Å². The van der Waals surface area contributed by atoms with Crippen LogP contribution >= 0.6 is 11.3 Å². The van der Waals surface area contributed by atoms with Crippen LogP contribution in [0, 0.1) is 5.92 Å². The van der Waals surface area contributed by atoms with Crippen molar-refractivity contribution in [3.63, 3.8) is 0 Å². The number of carboxylic acid groups (broad SMARTS) is 1. The van der Waals surface area contributed by atoms with Gasteiger partial charge in [0, 0.05) is 18.5 Å². The maximum absolute atomic E-state index is 11.2. The van der Waals surface area contributed by atoms with Gasteiger partial charge in [-0.1, -0.05) is 0 Å². The molecule has 0 bridgehead atoms. The number of thiazole rings is 1. The van der Waals surface area contributed by atoms with Crippen LogP contribution in [0.2, 0.25) is 0 Å². The van der Waals surface area contributed by atoms with Crippen LogP contribution in [0.4, 0.5) is 5.13 Å². The number of carbonyl (C=O) groups is 1. The molecule has 1 aliphatic rings. The first-order valence-electron chi connectivity index (χ1n) is 7.01. The number of nitrogens with zero attached hydrogens (tertiary/aromatic N) is 2. The van der Waals surface area contributed by atoms with Gasteiger partial charge in [0.05, 0.1) is 5.69 Å². The Morgan fingerprint density at radius 3 is 3.05 bits per heavy atom. The largest absolute Gasteiger partial charge is 0.481 e. The van der Waals surface area contributed by atoms with Crippen LogP contribution in [-0.4, -0.2) is 47.6 Å². The number of rotatable bonds is 5. The fourth-order valence-electron chi connectivity index (χ4n) is 2.42.